The lowest BCUT2D eigenvalue weighted by Gasteiger charge is -2.12. The van der Waals surface area contributed by atoms with E-state index in [2.05, 4.69) is 22.6 Å². The lowest BCUT2D eigenvalue weighted by Crippen LogP contribution is -2.21. The van der Waals surface area contributed by atoms with Crippen LogP contribution < -0.4 is 16.2 Å². The van der Waals surface area contributed by atoms with Crippen LogP contribution in [0.1, 0.15) is 11.6 Å². The van der Waals surface area contributed by atoms with Crippen LogP contribution in [0.2, 0.25) is 0 Å². The van der Waals surface area contributed by atoms with Gasteiger partial charge in [0.25, 0.3) is 0 Å². The normalized spacial score (nSPS) is 12.6. The molecule has 0 aromatic heterocycles. The number of methoxy groups -OCH3 is 1. The van der Waals surface area contributed by atoms with Gasteiger partial charge in [-0.15, -0.1) is 0 Å². The van der Waals surface area contributed by atoms with Gasteiger partial charge in [0.1, 0.15) is 5.75 Å². The van der Waals surface area contributed by atoms with Crippen LogP contribution in [0, 0.1) is 3.57 Å². The highest BCUT2D eigenvalue weighted by molar-refractivity contribution is 14.1. The van der Waals surface area contributed by atoms with Gasteiger partial charge in [0, 0.05) is 16.2 Å². The molecule has 0 fully saturated rings. The Bertz CT molecular complexity index is 291. The highest BCUT2D eigenvalue weighted by Gasteiger charge is 2.08. The first-order valence-corrected chi connectivity index (χ1v) is 5.06. The summed E-state index contributed by atoms with van der Waals surface area (Å²) in [6.07, 6.45) is 0. The smallest absolute Gasteiger partial charge is 0.119 e. The summed E-state index contributed by atoms with van der Waals surface area (Å²) < 4.78 is 6.23. The predicted octanol–water partition coefficient (Wildman–Crippen LogP) is 1.26. The highest BCUT2D eigenvalue weighted by atomic mass is 127. The standard InChI is InChI=1S/C9H13IN2O/c1-13-6-2-3-8(10)7(4-6)9(12)5-11/h2-4,9H,5,11-12H2,1H3/t9-/m1/s1. The number of nitrogens with two attached hydrogens (primary N) is 2. The van der Waals surface area contributed by atoms with Crippen LogP contribution in [0.15, 0.2) is 18.2 Å². The molecule has 0 aliphatic heterocycles. The second-order valence-electron chi connectivity index (χ2n) is 2.73. The summed E-state index contributed by atoms with van der Waals surface area (Å²) in [7, 11) is 1.64. The number of halogens is 1. The van der Waals surface area contributed by atoms with Gasteiger partial charge in [-0.2, -0.15) is 0 Å². The molecule has 0 spiro atoms. The van der Waals surface area contributed by atoms with Crippen LogP contribution in [0.25, 0.3) is 0 Å². The van der Waals surface area contributed by atoms with Gasteiger partial charge in [-0.1, -0.05) is 0 Å². The van der Waals surface area contributed by atoms with Crippen molar-refractivity contribution < 1.29 is 4.74 Å². The maximum Gasteiger partial charge on any atom is 0.119 e. The van der Waals surface area contributed by atoms with Crippen molar-refractivity contribution >= 4 is 22.6 Å². The van der Waals surface area contributed by atoms with Gasteiger partial charge in [-0.05, 0) is 46.4 Å². The summed E-state index contributed by atoms with van der Waals surface area (Å²) in [6.45, 7) is 0.448. The maximum atomic E-state index is 5.83. The van der Waals surface area contributed by atoms with Crippen LogP contribution in [-0.2, 0) is 0 Å². The maximum absolute atomic E-state index is 5.83. The molecule has 0 heterocycles. The van der Waals surface area contributed by atoms with Crippen molar-refractivity contribution in [1.29, 1.82) is 0 Å². The molecule has 0 radical (unpaired) electrons. The lowest BCUT2D eigenvalue weighted by molar-refractivity contribution is 0.413. The molecule has 0 aliphatic rings. The van der Waals surface area contributed by atoms with Gasteiger partial charge < -0.3 is 16.2 Å². The van der Waals surface area contributed by atoms with Gasteiger partial charge >= 0.3 is 0 Å². The minimum atomic E-state index is -0.109. The van der Waals surface area contributed by atoms with Crippen LogP contribution >= 0.6 is 22.6 Å². The van der Waals surface area contributed by atoms with Crippen molar-refractivity contribution in [2.45, 2.75) is 6.04 Å². The van der Waals surface area contributed by atoms with Crippen molar-refractivity contribution in [3.63, 3.8) is 0 Å². The Labute approximate surface area is 91.6 Å². The molecular formula is C9H13IN2O. The molecule has 1 aromatic rings. The molecule has 0 saturated heterocycles. The van der Waals surface area contributed by atoms with Crippen molar-refractivity contribution in [2.75, 3.05) is 13.7 Å². The van der Waals surface area contributed by atoms with E-state index < -0.39 is 0 Å². The molecule has 0 amide bonds. The molecule has 13 heavy (non-hydrogen) atoms. The third-order valence-corrected chi connectivity index (χ3v) is 2.84. The zero-order chi connectivity index (χ0) is 9.84. The second kappa shape index (κ2) is 4.78. The number of rotatable bonds is 3. The highest BCUT2D eigenvalue weighted by Crippen LogP contribution is 2.23. The lowest BCUT2D eigenvalue weighted by atomic mass is 10.1. The van der Waals surface area contributed by atoms with E-state index in [1.54, 1.807) is 7.11 Å². The molecule has 72 valence electrons. The van der Waals surface area contributed by atoms with Gasteiger partial charge in [0.15, 0.2) is 0 Å². The number of benzene rings is 1. The van der Waals surface area contributed by atoms with Crippen molar-refractivity contribution in [2.24, 2.45) is 11.5 Å². The topological polar surface area (TPSA) is 61.3 Å². The Balaban J connectivity index is 3.03. The Kier molecular flexibility index (Phi) is 3.95. The quantitative estimate of drug-likeness (QED) is 0.824. The van der Waals surface area contributed by atoms with Crippen LogP contribution in [0.4, 0.5) is 0 Å². The van der Waals surface area contributed by atoms with E-state index >= 15 is 0 Å². The summed E-state index contributed by atoms with van der Waals surface area (Å²) >= 11 is 2.24. The predicted molar refractivity (Wildman–Crippen MR) is 61.7 cm³/mol. The summed E-state index contributed by atoms with van der Waals surface area (Å²) in [6, 6.07) is 5.71. The first kappa shape index (κ1) is 10.7. The first-order valence-electron chi connectivity index (χ1n) is 3.98. The van der Waals surface area contributed by atoms with E-state index in [0.29, 0.717) is 6.54 Å². The van der Waals surface area contributed by atoms with E-state index in [1.807, 2.05) is 18.2 Å². The Hall–Kier alpha value is -0.330. The molecule has 4 heteroatoms. The molecule has 0 bridgehead atoms. The third-order valence-electron chi connectivity index (χ3n) is 1.86. The summed E-state index contributed by atoms with van der Waals surface area (Å²) in [4.78, 5) is 0. The second-order valence-corrected chi connectivity index (χ2v) is 3.89. The fourth-order valence-corrected chi connectivity index (χ4v) is 1.80. The minimum Gasteiger partial charge on any atom is -0.497 e. The molecule has 1 rings (SSSR count). The average Bonchev–Trinajstić information content (AvgIpc) is 2.17. The average molecular weight is 292 g/mol. The SMILES string of the molecule is COc1ccc(I)c([C@H](N)CN)c1. The van der Waals surface area contributed by atoms with E-state index in [4.69, 9.17) is 16.2 Å². The largest absolute Gasteiger partial charge is 0.497 e. The van der Waals surface area contributed by atoms with Crippen LogP contribution in [0.5, 0.6) is 5.75 Å². The van der Waals surface area contributed by atoms with Crippen LogP contribution in [-0.4, -0.2) is 13.7 Å². The fraction of sp³-hybridized carbons (Fsp3) is 0.333. The molecule has 3 nitrogen and oxygen atoms in total. The molecule has 0 unspecified atom stereocenters. The van der Waals surface area contributed by atoms with Gasteiger partial charge in [0.2, 0.25) is 0 Å². The van der Waals surface area contributed by atoms with Crippen LogP contribution in [0.3, 0.4) is 0 Å². The monoisotopic (exact) mass is 292 g/mol. The van der Waals surface area contributed by atoms with Gasteiger partial charge in [-0.25, -0.2) is 0 Å². The number of hydrogen-bond acceptors (Lipinski definition) is 3. The number of ether oxygens (including phenoxy) is 1. The van der Waals surface area contributed by atoms with E-state index in [-0.39, 0.29) is 6.04 Å². The molecular weight excluding hydrogens is 279 g/mol. The molecule has 4 N–H and O–H groups in total. The zero-order valence-electron chi connectivity index (χ0n) is 7.46. The number of hydrogen-bond donors (Lipinski definition) is 2. The van der Waals surface area contributed by atoms with Crippen molar-refractivity contribution in [1.82, 2.24) is 0 Å². The molecule has 1 atom stereocenters. The van der Waals surface area contributed by atoms with Gasteiger partial charge in [0.05, 0.1) is 7.11 Å². The minimum absolute atomic E-state index is 0.109. The fourth-order valence-electron chi connectivity index (χ4n) is 1.06. The molecule has 1 aromatic carbocycles. The zero-order valence-corrected chi connectivity index (χ0v) is 9.61. The summed E-state index contributed by atoms with van der Waals surface area (Å²) in [5, 5.41) is 0. The van der Waals surface area contributed by atoms with E-state index in [1.165, 1.54) is 0 Å². The Morgan fingerprint density at radius 2 is 2.23 bits per heavy atom. The molecule has 0 saturated carbocycles. The van der Waals surface area contributed by atoms with E-state index in [0.717, 1.165) is 14.9 Å². The van der Waals surface area contributed by atoms with Crippen molar-refractivity contribution in [3.8, 4) is 5.75 Å². The Morgan fingerprint density at radius 3 is 2.77 bits per heavy atom. The summed E-state index contributed by atoms with van der Waals surface area (Å²) in [5.41, 5.74) is 12.4. The van der Waals surface area contributed by atoms with Gasteiger partial charge in [-0.3, -0.25) is 0 Å². The third kappa shape index (κ3) is 2.55. The summed E-state index contributed by atoms with van der Waals surface area (Å²) in [5.74, 6) is 0.819. The Morgan fingerprint density at radius 1 is 1.54 bits per heavy atom. The molecule has 0 aliphatic carbocycles. The van der Waals surface area contributed by atoms with E-state index in [9.17, 15) is 0 Å². The van der Waals surface area contributed by atoms with Crippen molar-refractivity contribution in [3.05, 3.63) is 27.3 Å². The first-order chi connectivity index (χ1) is 6.19.